The van der Waals surface area contributed by atoms with Gasteiger partial charge in [0, 0.05) is 38.7 Å². The molecule has 1 aliphatic heterocycles. The molecule has 0 aliphatic carbocycles. The first-order valence-corrected chi connectivity index (χ1v) is 12.9. The number of esters is 2. The predicted octanol–water partition coefficient (Wildman–Crippen LogP) is 2.28. The highest BCUT2D eigenvalue weighted by molar-refractivity contribution is 5.74. The Bertz CT molecular complexity index is 968. The lowest BCUT2D eigenvalue weighted by atomic mass is 9.75. The number of ether oxygens (including phenoxy) is 4. The molecule has 0 spiro atoms. The van der Waals surface area contributed by atoms with Crippen LogP contribution < -0.4 is 5.32 Å². The standard InChI is InChI=1S/C27H37NO11/c1-17(29)28-26-21(14-24(33)34)20(13-23(31)32)22(16-37-18(2)30)39-27(26)36-12-8-4-7-11-25(35)38-15-19-9-5-3-6-10-19/h3,5-6,9-10,20-22,26-27H,4,7-8,11-16H2,1-2H3,(H,28,29)(H,31,32)(H,33,34)/t20-,21-,22+,26-,27-/m1/s1. The van der Waals surface area contributed by atoms with Gasteiger partial charge < -0.3 is 34.5 Å². The monoisotopic (exact) mass is 551 g/mol. The van der Waals surface area contributed by atoms with E-state index in [1.54, 1.807) is 0 Å². The third-order valence-electron chi connectivity index (χ3n) is 6.28. The van der Waals surface area contributed by atoms with Gasteiger partial charge in [0.1, 0.15) is 13.2 Å². The third-order valence-corrected chi connectivity index (χ3v) is 6.28. The summed E-state index contributed by atoms with van der Waals surface area (Å²) in [7, 11) is 0. The number of carbonyl (C=O) groups is 5. The van der Waals surface area contributed by atoms with E-state index < -0.39 is 66.9 Å². The molecule has 5 atom stereocenters. The molecule has 1 heterocycles. The summed E-state index contributed by atoms with van der Waals surface area (Å²) < 4.78 is 22.1. The fraction of sp³-hybridized carbons (Fsp3) is 0.593. The molecule has 0 bridgehead atoms. The number of unbranched alkanes of at least 4 members (excludes halogenated alkanes) is 2. The van der Waals surface area contributed by atoms with Crippen molar-refractivity contribution < 1.29 is 53.1 Å². The largest absolute Gasteiger partial charge is 0.481 e. The zero-order valence-corrected chi connectivity index (χ0v) is 22.2. The topological polar surface area (TPSA) is 175 Å². The van der Waals surface area contributed by atoms with Gasteiger partial charge in [-0.15, -0.1) is 0 Å². The second-order valence-corrected chi connectivity index (χ2v) is 9.42. The molecule has 0 saturated carbocycles. The summed E-state index contributed by atoms with van der Waals surface area (Å²) >= 11 is 0. The van der Waals surface area contributed by atoms with Gasteiger partial charge in [0.25, 0.3) is 0 Å². The van der Waals surface area contributed by atoms with Crippen molar-refractivity contribution in [1.82, 2.24) is 5.32 Å². The molecule has 216 valence electrons. The normalized spacial score (nSPS) is 22.5. The number of rotatable bonds is 16. The Hall–Kier alpha value is -3.51. The van der Waals surface area contributed by atoms with E-state index in [1.165, 1.54) is 13.8 Å². The third kappa shape index (κ3) is 11.8. The number of carbonyl (C=O) groups excluding carboxylic acids is 3. The lowest BCUT2D eigenvalue weighted by molar-refractivity contribution is -0.250. The lowest BCUT2D eigenvalue weighted by Crippen LogP contribution is -2.60. The molecule has 1 aliphatic rings. The number of nitrogens with one attached hydrogen (secondary N) is 1. The number of hydrogen-bond donors (Lipinski definition) is 3. The number of carboxylic acid groups (broad SMARTS) is 2. The van der Waals surface area contributed by atoms with Crippen LogP contribution in [-0.4, -0.2) is 71.6 Å². The van der Waals surface area contributed by atoms with Crippen LogP contribution in [0.4, 0.5) is 0 Å². The van der Waals surface area contributed by atoms with E-state index in [0.29, 0.717) is 19.3 Å². The van der Waals surface area contributed by atoms with Crippen LogP contribution >= 0.6 is 0 Å². The first-order chi connectivity index (χ1) is 18.6. The highest BCUT2D eigenvalue weighted by atomic mass is 16.7. The zero-order valence-electron chi connectivity index (χ0n) is 22.2. The van der Waals surface area contributed by atoms with Gasteiger partial charge in [0.2, 0.25) is 5.91 Å². The Morgan fingerprint density at radius 1 is 0.897 bits per heavy atom. The van der Waals surface area contributed by atoms with Crippen molar-refractivity contribution in [2.45, 2.75) is 77.4 Å². The van der Waals surface area contributed by atoms with E-state index in [9.17, 15) is 34.2 Å². The molecule has 1 aromatic rings. The summed E-state index contributed by atoms with van der Waals surface area (Å²) in [4.78, 5) is 58.5. The van der Waals surface area contributed by atoms with Gasteiger partial charge in [0.05, 0.1) is 25.0 Å². The first kappa shape index (κ1) is 31.7. The van der Waals surface area contributed by atoms with Crippen LogP contribution in [0.1, 0.15) is 57.9 Å². The Kier molecular flexibility index (Phi) is 13.4. The fourth-order valence-electron chi connectivity index (χ4n) is 4.54. The van der Waals surface area contributed by atoms with Crippen molar-refractivity contribution in [3.8, 4) is 0 Å². The minimum absolute atomic E-state index is 0.170. The minimum Gasteiger partial charge on any atom is -0.481 e. The van der Waals surface area contributed by atoms with Gasteiger partial charge in [-0.25, -0.2) is 0 Å². The van der Waals surface area contributed by atoms with Crippen LogP contribution in [0, 0.1) is 11.8 Å². The van der Waals surface area contributed by atoms with Gasteiger partial charge in [-0.2, -0.15) is 0 Å². The number of benzene rings is 1. The maximum atomic E-state index is 12.0. The van der Waals surface area contributed by atoms with E-state index in [0.717, 1.165) is 5.56 Å². The molecule has 0 aromatic heterocycles. The minimum atomic E-state index is -1.19. The zero-order chi connectivity index (χ0) is 28.8. The van der Waals surface area contributed by atoms with Crippen LogP contribution in [0.15, 0.2) is 30.3 Å². The summed E-state index contributed by atoms with van der Waals surface area (Å²) in [5.74, 6) is -5.47. The molecule has 1 aromatic carbocycles. The first-order valence-electron chi connectivity index (χ1n) is 12.9. The molecule has 1 fully saturated rings. The molecule has 12 nitrogen and oxygen atoms in total. The highest BCUT2D eigenvalue weighted by Crippen LogP contribution is 2.37. The molecule has 3 N–H and O–H groups in total. The molecule has 1 saturated heterocycles. The van der Waals surface area contributed by atoms with Gasteiger partial charge in [-0.05, 0) is 18.4 Å². The maximum Gasteiger partial charge on any atom is 0.306 e. The number of hydrogen-bond acceptors (Lipinski definition) is 9. The van der Waals surface area contributed by atoms with E-state index in [2.05, 4.69) is 5.32 Å². The van der Waals surface area contributed by atoms with Crippen molar-refractivity contribution in [3.63, 3.8) is 0 Å². The molecule has 2 rings (SSSR count). The van der Waals surface area contributed by atoms with Crippen LogP contribution in [0.5, 0.6) is 0 Å². The van der Waals surface area contributed by atoms with Gasteiger partial charge in [-0.1, -0.05) is 36.8 Å². The van der Waals surface area contributed by atoms with Crippen molar-refractivity contribution in [2.75, 3.05) is 13.2 Å². The van der Waals surface area contributed by atoms with Gasteiger partial charge in [0.15, 0.2) is 6.29 Å². The lowest BCUT2D eigenvalue weighted by Gasteiger charge is -2.46. The molecular weight excluding hydrogens is 514 g/mol. The molecule has 1 amide bonds. The highest BCUT2D eigenvalue weighted by Gasteiger charge is 2.48. The SMILES string of the molecule is CC(=O)N[C@H]1[C@H](OCCCCCC(=O)OCc2ccccc2)O[C@@H](COC(C)=O)[C@H](CC(=O)O)[C@H]1CC(=O)O. The van der Waals surface area contributed by atoms with Crippen molar-refractivity contribution in [3.05, 3.63) is 35.9 Å². The summed E-state index contributed by atoms with van der Waals surface area (Å²) in [5.41, 5.74) is 0.902. The summed E-state index contributed by atoms with van der Waals surface area (Å²) in [5, 5.41) is 21.6. The van der Waals surface area contributed by atoms with Crippen molar-refractivity contribution in [2.24, 2.45) is 11.8 Å². The van der Waals surface area contributed by atoms with Crippen LogP contribution in [0.3, 0.4) is 0 Å². The summed E-state index contributed by atoms with van der Waals surface area (Å²) in [6.45, 7) is 2.53. The predicted molar refractivity (Wildman–Crippen MR) is 135 cm³/mol. The van der Waals surface area contributed by atoms with E-state index in [-0.39, 0.29) is 32.2 Å². The summed E-state index contributed by atoms with van der Waals surface area (Å²) in [6.07, 6.45) is -0.979. The van der Waals surface area contributed by atoms with Gasteiger partial charge >= 0.3 is 23.9 Å². The number of carboxylic acids is 2. The Labute approximate surface area is 226 Å². The molecule has 12 heteroatoms. The van der Waals surface area contributed by atoms with E-state index in [1.807, 2.05) is 30.3 Å². The Balaban J connectivity index is 1.96. The quantitative estimate of drug-likeness (QED) is 0.203. The van der Waals surface area contributed by atoms with Crippen LogP contribution in [-0.2, 0) is 49.5 Å². The average molecular weight is 552 g/mol. The Morgan fingerprint density at radius 3 is 2.18 bits per heavy atom. The average Bonchev–Trinajstić information content (AvgIpc) is 2.86. The Morgan fingerprint density at radius 2 is 1.56 bits per heavy atom. The molecular formula is C27H37NO11. The van der Waals surface area contributed by atoms with Crippen LogP contribution in [0.25, 0.3) is 0 Å². The molecule has 39 heavy (non-hydrogen) atoms. The second kappa shape index (κ2) is 16.5. The second-order valence-electron chi connectivity index (χ2n) is 9.42. The molecule has 0 radical (unpaired) electrons. The number of aliphatic carboxylic acids is 2. The van der Waals surface area contributed by atoms with Crippen molar-refractivity contribution >= 4 is 29.8 Å². The van der Waals surface area contributed by atoms with E-state index in [4.69, 9.17) is 18.9 Å². The number of amides is 1. The van der Waals surface area contributed by atoms with Gasteiger partial charge in [-0.3, -0.25) is 24.0 Å². The smallest absolute Gasteiger partial charge is 0.306 e. The molecule has 0 unspecified atom stereocenters. The van der Waals surface area contributed by atoms with Crippen LogP contribution in [0.2, 0.25) is 0 Å². The maximum absolute atomic E-state index is 12.0. The van der Waals surface area contributed by atoms with E-state index >= 15 is 0 Å². The van der Waals surface area contributed by atoms with Crippen molar-refractivity contribution in [1.29, 1.82) is 0 Å². The fourth-order valence-corrected chi connectivity index (χ4v) is 4.54. The summed E-state index contributed by atoms with van der Waals surface area (Å²) in [6, 6.07) is 8.41.